The predicted molar refractivity (Wildman–Crippen MR) is 67.8 cm³/mol. The molecule has 0 atom stereocenters. The number of ether oxygens (including phenoxy) is 1. The highest BCUT2D eigenvalue weighted by molar-refractivity contribution is 5.87. The van der Waals surface area contributed by atoms with Gasteiger partial charge in [0.15, 0.2) is 0 Å². The number of hydrogen-bond donors (Lipinski definition) is 1. The van der Waals surface area contributed by atoms with E-state index in [1.165, 1.54) is 29.1 Å². The molecule has 1 aromatic carbocycles. The molecule has 104 valence electrons. The standard InChI is InChI=1S/C12H11N3O5/c16-12(17)9-1-3-10(4-2-9)20-8-7-14-6-5-11(13-14)15(18)19/h1-6H,7-8H2,(H,16,17). The topological polar surface area (TPSA) is 107 Å². The molecule has 2 rings (SSSR count). The van der Waals surface area contributed by atoms with E-state index >= 15 is 0 Å². The zero-order chi connectivity index (χ0) is 14.5. The SMILES string of the molecule is O=C(O)c1ccc(OCCn2ccc([N+](=O)[O-])n2)cc1. The van der Waals surface area contributed by atoms with E-state index in [0.29, 0.717) is 12.3 Å². The van der Waals surface area contributed by atoms with Gasteiger partial charge in [0.05, 0.1) is 29.5 Å². The van der Waals surface area contributed by atoms with Gasteiger partial charge in [-0.25, -0.2) is 4.79 Å². The highest BCUT2D eigenvalue weighted by Gasteiger charge is 2.10. The summed E-state index contributed by atoms with van der Waals surface area (Å²) in [5.41, 5.74) is 0.181. The van der Waals surface area contributed by atoms with Crippen LogP contribution >= 0.6 is 0 Å². The second-order valence-corrected chi connectivity index (χ2v) is 3.87. The lowest BCUT2D eigenvalue weighted by Gasteiger charge is -2.05. The third-order valence-corrected chi connectivity index (χ3v) is 2.50. The van der Waals surface area contributed by atoms with E-state index in [9.17, 15) is 14.9 Å². The van der Waals surface area contributed by atoms with Crippen molar-refractivity contribution in [3.8, 4) is 5.75 Å². The minimum atomic E-state index is -1.000. The fourth-order valence-electron chi connectivity index (χ4n) is 1.52. The van der Waals surface area contributed by atoms with Gasteiger partial charge in [-0.2, -0.15) is 4.68 Å². The minimum Gasteiger partial charge on any atom is -0.492 e. The van der Waals surface area contributed by atoms with E-state index in [1.54, 1.807) is 12.1 Å². The van der Waals surface area contributed by atoms with Gasteiger partial charge < -0.3 is 20.0 Å². The summed E-state index contributed by atoms with van der Waals surface area (Å²) in [5, 5.41) is 22.9. The maximum atomic E-state index is 10.7. The zero-order valence-corrected chi connectivity index (χ0v) is 10.3. The van der Waals surface area contributed by atoms with Crippen LogP contribution in [-0.2, 0) is 6.54 Å². The fourth-order valence-corrected chi connectivity index (χ4v) is 1.52. The summed E-state index contributed by atoms with van der Waals surface area (Å²) in [5.74, 6) is -0.687. The number of rotatable bonds is 6. The molecule has 0 aliphatic heterocycles. The van der Waals surface area contributed by atoms with Gasteiger partial charge in [0.1, 0.15) is 12.4 Å². The number of aromatic nitrogens is 2. The molecule has 0 aliphatic rings. The number of carbonyl (C=O) groups is 1. The second-order valence-electron chi connectivity index (χ2n) is 3.87. The summed E-state index contributed by atoms with van der Waals surface area (Å²) in [6.07, 6.45) is 1.50. The lowest BCUT2D eigenvalue weighted by atomic mass is 10.2. The smallest absolute Gasteiger partial charge is 0.389 e. The van der Waals surface area contributed by atoms with Crippen LogP contribution in [-0.4, -0.2) is 32.4 Å². The Kier molecular flexibility index (Phi) is 3.94. The molecular formula is C12H11N3O5. The molecule has 0 bridgehead atoms. The molecule has 0 aliphatic carbocycles. The van der Waals surface area contributed by atoms with Crippen molar-refractivity contribution in [2.45, 2.75) is 6.54 Å². The van der Waals surface area contributed by atoms with Crippen LogP contribution in [0.25, 0.3) is 0 Å². The molecule has 0 spiro atoms. The van der Waals surface area contributed by atoms with Crippen molar-refractivity contribution in [1.82, 2.24) is 9.78 Å². The van der Waals surface area contributed by atoms with Crippen LogP contribution in [0.1, 0.15) is 10.4 Å². The van der Waals surface area contributed by atoms with E-state index < -0.39 is 10.9 Å². The van der Waals surface area contributed by atoms with E-state index in [-0.39, 0.29) is 18.0 Å². The number of nitrogens with zero attached hydrogens (tertiary/aromatic N) is 3. The summed E-state index contributed by atoms with van der Waals surface area (Å²) in [4.78, 5) is 20.5. The lowest BCUT2D eigenvalue weighted by molar-refractivity contribution is -0.389. The maximum Gasteiger partial charge on any atom is 0.389 e. The molecule has 8 heteroatoms. The molecule has 1 N–H and O–H groups in total. The van der Waals surface area contributed by atoms with Gasteiger partial charge in [0.25, 0.3) is 0 Å². The first-order valence-corrected chi connectivity index (χ1v) is 5.70. The molecule has 0 unspecified atom stereocenters. The van der Waals surface area contributed by atoms with Gasteiger partial charge in [-0.05, 0) is 29.2 Å². The second kappa shape index (κ2) is 5.83. The first-order chi connectivity index (χ1) is 9.56. The number of carboxylic acids is 1. The Morgan fingerprint density at radius 2 is 2.05 bits per heavy atom. The van der Waals surface area contributed by atoms with Crippen molar-refractivity contribution in [3.63, 3.8) is 0 Å². The first-order valence-electron chi connectivity index (χ1n) is 5.70. The summed E-state index contributed by atoms with van der Waals surface area (Å²) >= 11 is 0. The average Bonchev–Trinajstić information content (AvgIpc) is 2.88. The van der Waals surface area contributed by atoms with Crippen LogP contribution in [0.5, 0.6) is 5.75 Å². The molecule has 8 nitrogen and oxygen atoms in total. The summed E-state index contributed by atoms with van der Waals surface area (Å²) in [6, 6.07) is 7.29. The molecule has 0 fully saturated rings. The molecule has 20 heavy (non-hydrogen) atoms. The van der Waals surface area contributed by atoms with Crippen molar-refractivity contribution in [2.75, 3.05) is 6.61 Å². The number of nitro groups is 1. The summed E-state index contributed by atoms with van der Waals surface area (Å²) in [7, 11) is 0. The quantitative estimate of drug-likeness (QED) is 0.634. The van der Waals surface area contributed by atoms with Crippen molar-refractivity contribution in [3.05, 3.63) is 52.2 Å². The summed E-state index contributed by atoms with van der Waals surface area (Å²) in [6.45, 7) is 0.625. The average molecular weight is 277 g/mol. The zero-order valence-electron chi connectivity index (χ0n) is 10.3. The Labute approximate surface area is 113 Å². The van der Waals surface area contributed by atoms with E-state index in [4.69, 9.17) is 9.84 Å². The van der Waals surface area contributed by atoms with E-state index in [0.717, 1.165) is 0 Å². The minimum absolute atomic E-state index is 0.181. The Balaban J connectivity index is 1.85. The summed E-state index contributed by atoms with van der Waals surface area (Å²) < 4.78 is 6.80. The van der Waals surface area contributed by atoms with E-state index in [1.807, 2.05) is 0 Å². The Morgan fingerprint density at radius 1 is 1.35 bits per heavy atom. The Morgan fingerprint density at radius 3 is 2.60 bits per heavy atom. The highest BCUT2D eigenvalue weighted by Crippen LogP contribution is 2.12. The van der Waals surface area contributed by atoms with Gasteiger partial charge >= 0.3 is 11.8 Å². The van der Waals surface area contributed by atoms with Crippen LogP contribution in [0.4, 0.5) is 5.82 Å². The fraction of sp³-hybridized carbons (Fsp3) is 0.167. The van der Waals surface area contributed by atoms with Crippen LogP contribution in [0.3, 0.4) is 0 Å². The van der Waals surface area contributed by atoms with E-state index in [2.05, 4.69) is 5.10 Å². The maximum absolute atomic E-state index is 10.7. The number of hydrogen-bond acceptors (Lipinski definition) is 5. The van der Waals surface area contributed by atoms with Crippen molar-refractivity contribution < 1.29 is 19.6 Å². The van der Waals surface area contributed by atoms with Crippen LogP contribution in [0.15, 0.2) is 36.5 Å². The number of aromatic carboxylic acids is 1. The van der Waals surface area contributed by atoms with Gasteiger partial charge in [-0.15, -0.1) is 0 Å². The molecule has 0 radical (unpaired) electrons. The third kappa shape index (κ3) is 3.31. The lowest BCUT2D eigenvalue weighted by Crippen LogP contribution is -2.09. The molecule has 0 saturated heterocycles. The van der Waals surface area contributed by atoms with Crippen LogP contribution in [0, 0.1) is 10.1 Å². The third-order valence-electron chi connectivity index (χ3n) is 2.50. The van der Waals surface area contributed by atoms with Gasteiger partial charge in [0.2, 0.25) is 0 Å². The largest absolute Gasteiger partial charge is 0.492 e. The van der Waals surface area contributed by atoms with Gasteiger partial charge in [-0.1, -0.05) is 0 Å². The molecular weight excluding hydrogens is 266 g/mol. The number of carboxylic acid groups (broad SMARTS) is 1. The monoisotopic (exact) mass is 277 g/mol. The van der Waals surface area contributed by atoms with Crippen molar-refractivity contribution in [1.29, 1.82) is 0 Å². The van der Waals surface area contributed by atoms with Gasteiger partial charge in [-0.3, -0.25) is 0 Å². The Hall–Kier alpha value is -2.90. The van der Waals surface area contributed by atoms with Gasteiger partial charge in [0, 0.05) is 0 Å². The normalized spacial score (nSPS) is 10.2. The number of benzene rings is 1. The Bertz CT molecular complexity index is 620. The first kappa shape index (κ1) is 13.5. The molecule has 0 amide bonds. The van der Waals surface area contributed by atoms with Crippen molar-refractivity contribution >= 4 is 11.8 Å². The highest BCUT2D eigenvalue weighted by atomic mass is 16.6. The predicted octanol–water partition coefficient (Wildman–Crippen LogP) is 1.57. The molecule has 2 aromatic rings. The molecule has 1 heterocycles. The van der Waals surface area contributed by atoms with Crippen LogP contribution in [0.2, 0.25) is 0 Å². The van der Waals surface area contributed by atoms with Crippen molar-refractivity contribution in [2.24, 2.45) is 0 Å². The van der Waals surface area contributed by atoms with Crippen LogP contribution < -0.4 is 4.74 Å². The molecule has 1 aromatic heterocycles. The molecule has 0 saturated carbocycles.